The Hall–Kier alpha value is -1.64. The molecule has 0 heterocycles. The van der Waals surface area contributed by atoms with Crippen molar-refractivity contribution in [3.05, 3.63) is 29.3 Å². The number of carbonyl (C=O) groups excluding carboxylic acids is 2. The van der Waals surface area contributed by atoms with Gasteiger partial charge in [0.05, 0.1) is 5.56 Å². The van der Waals surface area contributed by atoms with Gasteiger partial charge in [-0.15, -0.1) is 0 Å². The molecule has 0 unspecified atom stereocenters. The number of aromatic hydroxyl groups is 1. The lowest BCUT2D eigenvalue weighted by Gasteiger charge is -2.04. The lowest BCUT2D eigenvalue weighted by Crippen LogP contribution is -2.01. The summed E-state index contributed by atoms with van der Waals surface area (Å²) in [5.74, 6) is -0.273. The first-order valence-corrected chi connectivity index (χ1v) is 4.99. The Kier molecular flexibility index (Phi) is 3.61. The first kappa shape index (κ1) is 11.4. The number of carbonyl (C=O) groups is 2. The van der Waals surface area contributed by atoms with E-state index in [0.717, 1.165) is 0 Å². The molecular formula is C12H14O3. The van der Waals surface area contributed by atoms with Crippen LogP contribution in [0.25, 0.3) is 0 Å². The second kappa shape index (κ2) is 4.73. The van der Waals surface area contributed by atoms with Crippen LogP contribution in [0.2, 0.25) is 0 Å². The molecule has 1 rings (SSSR count). The van der Waals surface area contributed by atoms with Gasteiger partial charge in [-0.05, 0) is 12.1 Å². The van der Waals surface area contributed by atoms with E-state index in [-0.39, 0.29) is 22.9 Å². The summed E-state index contributed by atoms with van der Waals surface area (Å²) in [6, 6.07) is 4.44. The number of hydrogen-bond donors (Lipinski definition) is 1. The van der Waals surface area contributed by atoms with Crippen molar-refractivity contribution in [2.24, 2.45) is 0 Å². The molecule has 0 radical (unpaired) electrons. The fraction of sp³-hybridized carbons (Fsp3) is 0.333. The van der Waals surface area contributed by atoms with Crippen LogP contribution in [0.4, 0.5) is 0 Å². The molecule has 80 valence electrons. The molecule has 0 fully saturated rings. The zero-order valence-electron chi connectivity index (χ0n) is 8.91. The molecule has 0 amide bonds. The Bertz CT molecular complexity index is 394. The van der Waals surface area contributed by atoms with Crippen molar-refractivity contribution >= 4 is 11.6 Å². The van der Waals surface area contributed by atoms with Crippen LogP contribution in [0.15, 0.2) is 18.2 Å². The second-order valence-corrected chi connectivity index (χ2v) is 3.29. The highest BCUT2D eigenvalue weighted by Gasteiger charge is 2.11. The third-order valence-electron chi connectivity index (χ3n) is 2.26. The lowest BCUT2D eigenvalue weighted by atomic mass is 10.0. The van der Waals surface area contributed by atoms with Crippen molar-refractivity contribution in [3.8, 4) is 5.75 Å². The number of rotatable bonds is 4. The molecule has 0 atom stereocenters. The summed E-state index contributed by atoms with van der Waals surface area (Å²) in [6.07, 6.45) is 0.731. The molecule has 3 nitrogen and oxygen atoms in total. The number of phenolic OH excluding ortho intramolecular Hbond substituents is 1. The van der Waals surface area contributed by atoms with Crippen molar-refractivity contribution in [2.45, 2.75) is 26.7 Å². The third-order valence-corrected chi connectivity index (χ3v) is 2.26. The van der Waals surface area contributed by atoms with Gasteiger partial charge >= 0.3 is 0 Å². The molecule has 0 aliphatic heterocycles. The van der Waals surface area contributed by atoms with Gasteiger partial charge in [-0.3, -0.25) is 9.59 Å². The summed E-state index contributed by atoms with van der Waals surface area (Å²) >= 11 is 0. The number of phenols is 1. The van der Waals surface area contributed by atoms with Crippen LogP contribution in [0.5, 0.6) is 5.75 Å². The number of benzene rings is 1. The molecule has 3 heteroatoms. The van der Waals surface area contributed by atoms with E-state index in [1.807, 2.05) is 0 Å². The quantitative estimate of drug-likeness (QED) is 0.770. The molecule has 0 aliphatic rings. The number of ketones is 2. The Balaban J connectivity index is 3.08. The van der Waals surface area contributed by atoms with Crippen molar-refractivity contribution in [1.29, 1.82) is 0 Å². The largest absolute Gasteiger partial charge is 0.507 e. The highest BCUT2D eigenvalue weighted by molar-refractivity contribution is 6.01. The normalized spacial score (nSPS) is 10.0. The van der Waals surface area contributed by atoms with Gasteiger partial charge in [0.1, 0.15) is 5.75 Å². The van der Waals surface area contributed by atoms with Gasteiger partial charge in [0.15, 0.2) is 11.6 Å². The molecule has 0 aromatic heterocycles. The monoisotopic (exact) mass is 206 g/mol. The van der Waals surface area contributed by atoms with Crippen molar-refractivity contribution in [3.63, 3.8) is 0 Å². The van der Waals surface area contributed by atoms with Crippen molar-refractivity contribution in [1.82, 2.24) is 0 Å². The summed E-state index contributed by atoms with van der Waals surface area (Å²) in [7, 11) is 0. The summed E-state index contributed by atoms with van der Waals surface area (Å²) in [5, 5.41) is 9.56. The standard InChI is InChI=1S/C12H14O3/c1-3-10(13)8-5-6-9(11(14)4-2)12(15)7-8/h5-7,15H,3-4H2,1-2H3. The van der Waals surface area contributed by atoms with Crippen molar-refractivity contribution in [2.75, 3.05) is 0 Å². The molecule has 1 aromatic rings. The molecule has 0 spiro atoms. The molecule has 15 heavy (non-hydrogen) atoms. The molecule has 1 N–H and O–H groups in total. The van der Waals surface area contributed by atoms with Crippen LogP contribution in [0, 0.1) is 0 Å². The SMILES string of the molecule is CCC(=O)c1ccc(C(=O)CC)c(O)c1. The minimum atomic E-state index is -0.122. The zero-order valence-corrected chi connectivity index (χ0v) is 8.91. The third kappa shape index (κ3) is 2.43. The van der Waals surface area contributed by atoms with Crippen LogP contribution < -0.4 is 0 Å². The van der Waals surface area contributed by atoms with Gasteiger partial charge < -0.3 is 5.11 Å². The predicted molar refractivity (Wildman–Crippen MR) is 57.3 cm³/mol. The van der Waals surface area contributed by atoms with Crippen LogP contribution in [-0.4, -0.2) is 16.7 Å². The maximum atomic E-state index is 11.3. The highest BCUT2D eigenvalue weighted by atomic mass is 16.3. The molecular weight excluding hydrogens is 192 g/mol. The molecule has 0 saturated heterocycles. The van der Waals surface area contributed by atoms with Crippen LogP contribution in [-0.2, 0) is 0 Å². The zero-order chi connectivity index (χ0) is 11.4. The fourth-order valence-corrected chi connectivity index (χ4v) is 1.34. The van der Waals surface area contributed by atoms with Gasteiger partial charge in [-0.1, -0.05) is 19.9 Å². The lowest BCUT2D eigenvalue weighted by molar-refractivity contribution is 0.0974. The van der Waals surface area contributed by atoms with Crippen molar-refractivity contribution < 1.29 is 14.7 Å². The number of hydrogen-bond acceptors (Lipinski definition) is 3. The summed E-state index contributed by atoms with van der Waals surface area (Å²) < 4.78 is 0. The van der Waals surface area contributed by atoms with E-state index in [2.05, 4.69) is 0 Å². The van der Waals surface area contributed by atoms with Gasteiger partial charge in [-0.2, -0.15) is 0 Å². The average molecular weight is 206 g/mol. The number of Topliss-reactive ketones (excluding diaryl/α,β-unsaturated/α-hetero) is 2. The summed E-state index contributed by atoms with van der Waals surface area (Å²) in [6.45, 7) is 3.48. The van der Waals surface area contributed by atoms with Gasteiger partial charge in [0.2, 0.25) is 0 Å². The Morgan fingerprint density at radius 3 is 2.20 bits per heavy atom. The summed E-state index contributed by atoms with van der Waals surface area (Å²) in [5.41, 5.74) is 0.729. The molecule has 0 aliphatic carbocycles. The first-order chi connectivity index (χ1) is 7.10. The minimum Gasteiger partial charge on any atom is -0.507 e. The van der Waals surface area contributed by atoms with Gasteiger partial charge in [0.25, 0.3) is 0 Å². The topological polar surface area (TPSA) is 54.4 Å². The molecule has 0 saturated carbocycles. The molecule has 1 aromatic carbocycles. The second-order valence-electron chi connectivity index (χ2n) is 3.29. The Morgan fingerprint density at radius 2 is 1.73 bits per heavy atom. The van der Waals surface area contributed by atoms with E-state index in [1.165, 1.54) is 12.1 Å². The Morgan fingerprint density at radius 1 is 1.13 bits per heavy atom. The smallest absolute Gasteiger partial charge is 0.166 e. The van der Waals surface area contributed by atoms with Crippen LogP contribution >= 0.6 is 0 Å². The van der Waals surface area contributed by atoms with E-state index >= 15 is 0 Å². The van der Waals surface area contributed by atoms with E-state index in [4.69, 9.17) is 0 Å². The minimum absolute atomic E-state index is 0.0409. The maximum Gasteiger partial charge on any atom is 0.166 e. The Labute approximate surface area is 88.7 Å². The maximum absolute atomic E-state index is 11.3. The fourth-order valence-electron chi connectivity index (χ4n) is 1.34. The predicted octanol–water partition coefficient (Wildman–Crippen LogP) is 2.58. The van der Waals surface area contributed by atoms with Crippen LogP contribution in [0.3, 0.4) is 0 Å². The van der Waals surface area contributed by atoms with E-state index < -0.39 is 0 Å². The van der Waals surface area contributed by atoms with E-state index in [1.54, 1.807) is 19.9 Å². The average Bonchev–Trinajstić information content (AvgIpc) is 2.26. The van der Waals surface area contributed by atoms with E-state index in [9.17, 15) is 14.7 Å². The first-order valence-electron chi connectivity index (χ1n) is 4.99. The van der Waals surface area contributed by atoms with Crippen LogP contribution in [0.1, 0.15) is 47.4 Å². The van der Waals surface area contributed by atoms with Gasteiger partial charge in [0, 0.05) is 18.4 Å². The summed E-state index contributed by atoms with van der Waals surface area (Å²) in [4.78, 5) is 22.7. The molecule has 0 bridgehead atoms. The van der Waals surface area contributed by atoms with Gasteiger partial charge in [-0.25, -0.2) is 0 Å². The highest BCUT2D eigenvalue weighted by Crippen LogP contribution is 2.21. The van der Waals surface area contributed by atoms with E-state index in [0.29, 0.717) is 18.4 Å².